The third-order valence-corrected chi connectivity index (χ3v) is 4.81. The van der Waals surface area contributed by atoms with Gasteiger partial charge in [-0.15, -0.1) is 0 Å². The van der Waals surface area contributed by atoms with E-state index >= 15 is 0 Å². The fourth-order valence-electron chi connectivity index (χ4n) is 3.22. The molecule has 0 unspecified atom stereocenters. The molecule has 0 atom stereocenters. The summed E-state index contributed by atoms with van der Waals surface area (Å²) < 4.78 is 5.42. The van der Waals surface area contributed by atoms with Gasteiger partial charge in [-0.25, -0.2) is 0 Å². The second-order valence-corrected chi connectivity index (χ2v) is 6.65. The van der Waals surface area contributed by atoms with Crippen LogP contribution >= 0.6 is 11.6 Å². The van der Waals surface area contributed by atoms with Crippen molar-refractivity contribution in [2.24, 2.45) is 5.73 Å². The van der Waals surface area contributed by atoms with Crippen molar-refractivity contribution in [3.8, 4) is 0 Å². The summed E-state index contributed by atoms with van der Waals surface area (Å²) in [7, 11) is 0. The average Bonchev–Trinajstić information content (AvgIpc) is 2.48. The van der Waals surface area contributed by atoms with Crippen LogP contribution in [-0.2, 0) is 4.74 Å². The molecule has 5 heteroatoms. The lowest BCUT2D eigenvalue weighted by atomic mass is 9.90. The summed E-state index contributed by atoms with van der Waals surface area (Å²) in [5, 5.41) is 0.804. The van der Waals surface area contributed by atoms with E-state index in [-0.39, 0.29) is 5.54 Å². The Morgan fingerprint density at radius 3 is 2.52 bits per heavy atom. The molecule has 2 saturated heterocycles. The van der Waals surface area contributed by atoms with Gasteiger partial charge in [0.1, 0.15) is 0 Å². The van der Waals surface area contributed by atoms with Gasteiger partial charge in [0.25, 0.3) is 0 Å². The topological polar surface area (TPSA) is 41.7 Å². The molecule has 0 bridgehead atoms. The quantitative estimate of drug-likeness (QED) is 0.927. The second kappa shape index (κ2) is 6.53. The number of hydrogen-bond donors (Lipinski definition) is 1. The monoisotopic (exact) mass is 309 g/mol. The number of halogens is 1. The highest BCUT2D eigenvalue weighted by Crippen LogP contribution is 2.23. The van der Waals surface area contributed by atoms with Crippen LogP contribution in [0.1, 0.15) is 12.8 Å². The fourth-order valence-corrected chi connectivity index (χ4v) is 3.40. The van der Waals surface area contributed by atoms with Gasteiger partial charge in [0.05, 0.1) is 0 Å². The summed E-state index contributed by atoms with van der Waals surface area (Å²) in [4.78, 5) is 4.89. The minimum Gasteiger partial charge on any atom is -0.381 e. The van der Waals surface area contributed by atoms with E-state index in [1.807, 2.05) is 18.2 Å². The third-order valence-electron chi connectivity index (χ3n) is 4.57. The molecule has 2 aliphatic rings. The molecule has 2 fully saturated rings. The van der Waals surface area contributed by atoms with Crippen LogP contribution in [0.4, 0.5) is 5.69 Å². The first-order valence-corrected chi connectivity index (χ1v) is 8.12. The zero-order valence-corrected chi connectivity index (χ0v) is 13.2. The van der Waals surface area contributed by atoms with E-state index in [0.717, 1.165) is 63.8 Å². The Morgan fingerprint density at radius 1 is 1.14 bits per heavy atom. The zero-order chi connectivity index (χ0) is 14.7. The summed E-state index contributed by atoms with van der Waals surface area (Å²) in [6.45, 7) is 6.79. The van der Waals surface area contributed by atoms with Crippen molar-refractivity contribution in [1.29, 1.82) is 0 Å². The minimum atomic E-state index is -0.0591. The lowest BCUT2D eigenvalue weighted by Gasteiger charge is -2.42. The maximum Gasteiger partial charge on any atom is 0.0484 e. The van der Waals surface area contributed by atoms with Gasteiger partial charge in [0.15, 0.2) is 0 Å². The highest BCUT2D eigenvalue weighted by Gasteiger charge is 2.31. The Labute approximate surface area is 131 Å². The summed E-state index contributed by atoms with van der Waals surface area (Å²) in [5.74, 6) is 0. The van der Waals surface area contributed by atoms with Gasteiger partial charge < -0.3 is 15.4 Å². The van der Waals surface area contributed by atoms with Crippen molar-refractivity contribution in [2.75, 3.05) is 50.8 Å². The van der Waals surface area contributed by atoms with Crippen molar-refractivity contribution < 1.29 is 4.74 Å². The van der Waals surface area contributed by atoms with Crippen molar-refractivity contribution in [3.63, 3.8) is 0 Å². The summed E-state index contributed by atoms with van der Waals surface area (Å²) in [6.07, 6.45) is 1.95. The van der Waals surface area contributed by atoms with Crippen LogP contribution < -0.4 is 10.6 Å². The standard InChI is InChI=1S/C16H24ClN3O/c17-14-2-1-3-15(12-14)20-8-6-19(7-9-20)13-16(18)4-10-21-11-5-16/h1-3,12H,4-11,13,18H2. The number of rotatable bonds is 3. The molecule has 21 heavy (non-hydrogen) atoms. The van der Waals surface area contributed by atoms with Crippen LogP contribution in [0.15, 0.2) is 24.3 Å². The van der Waals surface area contributed by atoms with Crippen LogP contribution in [0.25, 0.3) is 0 Å². The van der Waals surface area contributed by atoms with Crippen molar-refractivity contribution >= 4 is 17.3 Å². The zero-order valence-electron chi connectivity index (χ0n) is 12.4. The normalized spacial score (nSPS) is 23.2. The van der Waals surface area contributed by atoms with E-state index in [4.69, 9.17) is 22.1 Å². The first-order valence-electron chi connectivity index (χ1n) is 7.74. The fraction of sp³-hybridized carbons (Fsp3) is 0.625. The molecule has 0 amide bonds. The smallest absolute Gasteiger partial charge is 0.0484 e. The number of nitrogens with zero attached hydrogens (tertiary/aromatic N) is 2. The molecule has 2 aliphatic heterocycles. The van der Waals surface area contributed by atoms with Crippen molar-refractivity contribution in [3.05, 3.63) is 29.3 Å². The highest BCUT2D eigenvalue weighted by atomic mass is 35.5. The minimum absolute atomic E-state index is 0.0591. The Bertz CT molecular complexity index is 468. The summed E-state index contributed by atoms with van der Waals surface area (Å²) in [6, 6.07) is 8.11. The maximum atomic E-state index is 6.50. The van der Waals surface area contributed by atoms with E-state index in [1.165, 1.54) is 5.69 Å². The molecule has 4 nitrogen and oxygen atoms in total. The predicted octanol–water partition coefficient (Wildman–Crippen LogP) is 1.97. The molecule has 0 radical (unpaired) electrons. The van der Waals surface area contributed by atoms with Crippen LogP contribution in [0, 0.1) is 0 Å². The van der Waals surface area contributed by atoms with Gasteiger partial charge in [-0.05, 0) is 31.0 Å². The molecule has 0 saturated carbocycles. The van der Waals surface area contributed by atoms with Gasteiger partial charge in [-0.3, -0.25) is 4.90 Å². The van der Waals surface area contributed by atoms with Gasteiger partial charge in [0.2, 0.25) is 0 Å². The molecule has 0 spiro atoms. The van der Waals surface area contributed by atoms with Gasteiger partial charge in [-0.1, -0.05) is 17.7 Å². The van der Waals surface area contributed by atoms with Gasteiger partial charge in [0, 0.05) is 62.2 Å². The molecule has 1 aromatic rings. The van der Waals surface area contributed by atoms with Crippen LogP contribution in [0.2, 0.25) is 5.02 Å². The second-order valence-electron chi connectivity index (χ2n) is 6.22. The summed E-state index contributed by atoms with van der Waals surface area (Å²) >= 11 is 6.07. The van der Waals surface area contributed by atoms with Crippen molar-refractivity contribution in [1.82, 2.24) is 4.90 Å². The molecule has 0 aliphatic carbocycles. The molecule has 3 rings (SSSR count). The molecular weight excluding hydrogens is 286 g/mol. The number of hydrogen-bond acceptors (Lipinski definition) is 4. The Morgan fingerprint density at radius 2 is 1.86 bits per heavy atom. The molecule has 2 N–H and O–H groups in total. The number of benzene rings is 1. The molecule has 1 aromatic carbocycles. The van der Waals surface area contributed by atoms with Crippen molar-refractivity contribution in [2.45, 2.75) is 18.4 Å². The number of anilines is 1. The lowest BCUT2D eigenvalue weighted by Crippen LogP contribution is -2.57. The third kappa shape index (κ3) is 3.89. The molecular formula is C16H24ClN3O. The van der Waals surface area contributed by atoms with Gasteiger partial charge in [-0.2, -0.15) is 0 Å². The summed E-state index contributed by atoms with van der Waals surface area (Å²) in [5.41, 5.74) is 7.66. The molecule has 0 aromatic heterocycles. The Balaban J connectivity index is 1.53. The lowest BCUT2D eigenvalue weighted by molar-refractivity contribution is 0.0369. The average molecular weight is 310 g/mol. The highest BCUT2D eigenvalue weighted by molar-refractivity contribution is 6.30. The predicted molar refractivity (Wildman–Crippen MR) is 87.1 cm³/mol. The Kier molecular flexibility index (Phi) is 4.69. The number of nitrogens with two attached hydrogens (primary N) is 1. The SMILES string of the molecule is NC1(CN2CCN(c3cccc(Cl)c3)CC2)CCOCC1. The molecule has 116 valence electrons. The van der Waals surface area contributed by atoms with E-state index in [1.54, 1.807) is 0 Å². The molecule has 2 heterocycles. The first-order chi connectivity index (χ1) is 10.1. The number of ether oxygens (including phenoxy) is 1. The number of piperazine rings is 1. The van der Waals surface area contributed by atoms with E-state index in [2.05, 4.69) is 15.9 Å². The van der Waals surface area contributed by atoms with E-state index < -0.39 is 0 Å². The van der Waals surface area contributed by atoms with E-state index in [0.29, 0.717) is 0 Å². The van der Waals surface area contributed by atoms with Crippen LogP contribution in [0.3, 0.4) is 0 Å². The van der Waals surface area contributed by atoms with Crippen LogP contribution in [-0.4, -0.2) is 56.4 Å². The van der Waals surface area contributed by atoms with Gasteiger partial charge >= 0.3 is 0 Å². The van der Waals surface area contributed by atoms with E-state index in [9.17, 15) is 0 Å². The first kappa shape index (κ1) is 15.1. The Hall–Kier alpha value is -0.810. The largest absolute Gasteiger partial charge is 0.381 e. The van der Waals surface area contributed by atoms with Crippen LogP contribution in [0.5, 0.6) is 0 Å². The maximum absolute atomic E-state index is 6.50.